The lowest BCUT2D eigenvalue weighted by Gasteiger charge is -2.05. The molecule has 1 N–H and O–H groups in total. The van der Waals surface area contributed by atoms with Crippen molar-refractivity contribution in [3.05, 3.63) is 65.9 Å². The van der Waals surface area contributed by atoms with E-state index in [4.69, 9.17) is 0 Å². The first-order valence-corrected chi connectivity index (χ1v) is 6.56. The van der Waals surface area contributed by atoms with Crippen molar-refractivity contribution >= 4 is 0 Å². The second kappa shape index (κ2) is 4.85. The Bertz CT molecular complexity index is 742. The SMILES string of the molecule is Cc1ccc(-n2ncc(-c3cccc(C)c3)c2O)cc1. The van der Waals surface area contributed by atoms with Gasteiger partial charge in [-0.2, -0.15) is 5.10 Å². The third-order valence-electron chi connectivity index (χ3n) is 3.35. The van der Waals surface area contributed by atoms with Crippen molar-refractivity contribution in [2.75, 3.05) is 0 Å². The lowest BCUT2D eigenvalue weighted by atomic mass is 10.1. The Morgan fingerprint density at radius 3 is 2.40 bits per heavy atom. The molecule has 0 fully saturated rings. The van der Waals surface area contributed by atoms with E-state index in [9.17, 15) is 5.11 Å². The summed E-state index contributed by atoms with van der Waals surface area (Å²) in [5.74, 6) is 0.166. The maximum Gasteiger partial charge on any atom is 0.222 e. The lowest BCUT2D eigenvalue weighted by molar-refractivity contribution is 0.435. The van der Waals surface area contributed by atoms with Crippen molar-refractivity contribution in [3.63, 3.8) is 0 Å². The zero-order valence-electron chi connectivity index (χ0n) is 11.5. The first kappa shape index (κ1) is 12.5. The average Bonchev–Trinajstić information content (AvgIpc) is 2.82. The van der Waals surface area contributed by atoms with Crippen LogP contribution in [0.5, 0.6) is 5.88 Å². The van der Waals surface area contributed by atoms with Crippen molar-refractivity contribution in [2.24, 2.45) is 0 Å². The molecule has 2 aromatic carbocycles. The van der Waals surface area contributed by atoms with Crippen molar-refractivity contribution < 1.29 is 5.11 Å². The molecule has 3 heteroatoms. The van der Waals surface area contributed by atoms with Gasteiger partial charge in [0.05, 0.1) is 17.4 Å². The van der Waals surface area contributed by atoms with Crippen molar-refractivity contribution in [1.29, 1.82) is 0 Å². The summed E-state index contributed by atoms with van der Waals surface area (Å²) in [7, 11) is 0. The van der Waals surface area contributed by atoms with Crippen LogP contribution in [0.15, 0.2) is 54.7 Å². The second-order valence-electron chi connectivity index (χ2n) is 5.00. The van der Waals surface area contributed by atoms with Gasteiger partial charge >= 0.3 is 0 Å². The quantitative estimate of drug-likeness (QED) is 0.763. The summed E-state index contributed by atoms with van der Waals surface area (Å²) in [4.78, 5) is 0. The van der Waals surface area contributed by atoms with Crippen LogP contribution >= 0.6 is 0 Å². The summed E-state index contributed by atoms with van der Waals surface area (Å²) < 4.78 is 1.55. The number of aromatic hydroxyl groups is 1. The second-order valence-corrected chi connectivity index (χ2v) is 5.00. The van der Waals surface area contributed by atoms with Gasteiger partial charge in [0.25, 0.3) is 0 Å². The zero-order chi connectivity index (χ0) is 14.1. The minimum Gasteiger partial charge on any atom is -0.493 e. The molecule has 0 aliphatic heterocycles. The van der Waals surface area contributed by atoms with Gasteiger partial charge in [0.15, 0.2) is 0 Å². The average molecular weight is 264 g/mol. The van der Waals surface area contributed by atoms with Gasteiger partial charge in [-0.15, -0.1) is 0 Å². The minimum atomic E-state index is 0.166. The monoisotopic (exact) mass is 264 g/mol. The Balaban J connectivity index is 2.07. The van der Waals surface area contributed by atoms with E-state index in [0.717, 1.165) is 22.4 Å². The van der Waals surface area contributed by atoms with E-state index in [2.05, 4.69) is 5.10 Å². The van der Waals surface area contributed by atoms with Crippen molar-refractivity contribution in [3.8, 4) is 22.7 Å². The number of aryl methyl sites for hydroxylation is 2. The molecular weight excluding hydrogens is 248 g/mol. The van der Waals surface area contributed by atoms with Crippen LogP contribution in [0, 0.1) is 13.8 Å². The van der Waals surface area contributed by atoms with Crippen LogP contribution in [-0.2, 0) is 0 Å². The maximum atomic E-state index is 10.4. The molecule has 0 amide bonds. The maximum absolute atomic E-state index is 10.4. The number of aromatic nitrogens is 2. The van der Waals surface area contributed by atoms with Gasteiger partial charge in [0.1, 0.15) is 0 Å². The van der Waals surface area contributed by atoms with Crippen molar-refractivity contribution in [2.45, 2.75) is 13.8 Å². The molecule has 0 atom stereocenters. The third kappa shape index (κ3) is 2.18. The molecule has 0 radical (unpaired) electrons. The number of hydrogen-bond donors (Lipinski definition) is 1. The van der Waals surface area contributed by atoms with E-state index in [-0.39, 0.29) is 5.88 Å². The molecule has 3 rings (SSSR count). The summed E-state index contributed by atoms with van der Waals surface area (Å²) in [6.07, 6.45) is 1.70. The van der Waals surface area contributed by atoms with Gasteiger partial charge in [0.2, 0.25) is 5.88 Å². The Morgan fingerprint density at radius 1 is 0.950 bits per heavy atom. The van der Waals surface area contributed by atoms with E-state index in [1.54, 1.807) is 10.9 Å². The van der Waals surface area contributed by atoms with Crippen LogP contribution in [0.4, 0.5) is 0 Å². The smallest absolute Gasteiger partial charge is 0.222 e. The highest BCUT2D eigenvalue weighted by atomic mass is 16.3. The summed E-state index contributed by atoms with van der Waals surface area (Å²) in [6.45, 7) is 4.07. The van der Waals surface area contributed by atoms with Gasteiger partial charge in [-0.05, 0) is 31.5 Å². The molecule has 3 nitrogen and oxygen atoms in total. The number of nitrogens with zero attached hydrogens (tertiary/aromatic N) is 2. The fourth-order valence-electron chi connectivity index (χ4n) is 2.23. The third-order valence-corrected chi connectivity index (χ3v) is 3.35. The summed E-state index contributed by atoms with van der Waals surface area (Å²) >= 11 is 0. The van der Waals surface area contributed by atoms with Gasteiger partial charge < -0.3 is 5.11 Å². The van der Waals surface area contributed by atoms with Gasteiger partial charge in [0, 0.05) is 0 Å². The van der Waals surface area contributed by atoms with E-state index >= 15 is 0 Å². The molecule has 3 aromatic rings. The fraction of sp³-hybridized carbons (Fsp3) is 0.118. The summed E-state index contributed by atoms with van der Waals surface area (Å²) in [5, 5.41) is 14.7. The molecule has 100 valence electrons. The molecular formula is C17H16N2O. The lowest BCUT2D eigenvalue weighted by Crippen LogP contribution is -1.95. The Hall–Kier alpha value is -2.55. The van der Waals surface area contributed by atoms with Gasteiger partial charge in [-0.1, -0.05) is 47.5 Å². The van der Waals surface area contributed by atoms with Crippen LogP contribution in [0.3, 0.4) is 0 Å². The first-order valence-electron chi connectivity index (χ1n) is 6.56. The topological polar surface area (TPSA) is 38.0 Å². The molecule has 0 bridgehead atoms. The van der Waals surface area contributed by atoms with Crippen molar-refractivity contribution in [1.82, 2.24) is 9.78 Å². The standard InChI is InChI=1S/C17H16N2O/c1-12-6-8-15(9-7-12)19-17(20)16(11-18-19)14-5-3-4-13(2)10-14/h3-11,20H,1-2H3. The first-order chi connectivity index (χ1) is 9.65. The molecule has 0 aliphatic rings. The number of rotatable bonds is 2. The molecule has 0 spiro atoms. The molecule has 0 unspecified atom stereocenters. The van der Waals surface area contributed by atoms with E-state index < -0.39 is 0 Å². The largest absolute Gasteiger partial charge is 0.493 e. The van der Waals surface area contributed by atoms with Gasteiger partial charge in [-0.25, -0.2) is 4.68 Å². The zero-order valence-corrected chi connectivity index (χ0v) is 11.5. The summed E-state index contributed by atoms with van der Waals surface area (Å²) in [5.41, 5.74) is 4.91. The molecule has 0 saturated heterocycles. The molecule has 0 aliphatic carbocycles. The Morgan fingerprint density at radius 2 is 1.70 bits per heavy atom. The van der Waals surface area contributed by atoms with E-state index in [1.807, 2.05) is 62.4 Å². The highest BCUT2D eigenvalue weighted by molar-refractivity contribution is 5.69. The Kier molecular flexibility index (Phi) is 3.03. The van der Waals surface area contributed by atoms with Crippen LogP contribution in [0.2, 0.25) is 0 Å². The minimum absolute atomic E-state index is 0.166. The van der Waals surface area contributed by atoms with Crippen LogP contribution in [0.1, 0.15) is 11.1 Å². The predicted molar refractivity (Wildman–Crippen MR) is 80.1 cm³/mol. The highest BCUT2D eigenvalue weighted by Crippen LogP contribution is 2.31. The fourth-order valence-corrected chi connectivity index (χ4v) is 2.23. The molecule has 1 aromatic heterocycles. The molecule has 20 heavy (non-hydrogen) atoms. The van der Waals surface area contributed by atoms with E-state index in [0.29, 0.717) is 0 Å². The van der Waals surface area contributed by atoms with E-state index in [1.165, 1.54) is 5.56 Å². The highest BCUT2D eigenvalue weighted by Gasteiger charge is 2.12. The number of hydrogen-bond acceptors (Lipinski definition) is 2. The number of benzene rings is 2. The predicted octanol–water partition coefficient (Wildman–Crippen LogP) is 3.86. The normalized spacial score (nSPS) is 10.7. The van der Waals surface area contributed by atoms with Crippen LogP contribution < -0.4 is 0 Å². The molecule has 0 saturated carbocycles. The van der Waals surface area contributed by atoms with Gasteiger partial charge in [-0.3, -0.25) is 0 Å². The Labute approximate surface area is 118 Å². The van der Waals surface area contributed by atoms with Crippen LogP contribution in [0.25, 0.3) is 16.8 Å². The summed E-state index contributed by atoms with van der Waals surface area (Å²) in [6, 6.07) is 15.9. The molecule has 1 heterocycles. The van der Waals surface area contributed by atoms with Crippen LogP contribution in [-0.4, -0.2) is 14.9 Å².